The third-order valence-corrected chi connectivity index (χ3v) is 24.0. The lowest BCUT2D eigenvalue weighted by atomic mass is 9.88. The number of fused-ring (bicyclic) bond motifs is 8. The molecule has 8 aromatic rings. The fraction of sp³-hybridized carbons (Fsp3) is 0.301. The summed E-state index contributed by atoms with van der Waals surface area (Å²) in [6, 6.07) is 41.8. The number of benzene rings is 4. The summed E-state index contributed by atoms with van der Waals surface area (Å²) in [5.74, 6) is -1.57. The molecule has 4 fully saturated rings. The normalized spacial score (nSPS) is 16.8. The van der Waals surface area contributed by atoms with Crippen molar-refractivity contribution in [1.82, 2.24) is 20.4 Å². The summed E-state index contributed by atoms with van der Waals surface area (Å²) in [7, 11) is 2.18. The minimum absolute atomic E-state index is 0.158. The number of ether oxygens (including phenoxy) is 2. The summed E-state index contributed by atoms with van der Waals surface area (Å²) in [6.07, 6.45) is 10.5. The van der Waals surface area contributed by atoms with E-state index in [-0.39, 0.29) is 36.3 Å². The second kappa shape index (κ2) is 38.9. The molecule has 574 valence electrons. The standard InChI is InChI=1S/C21H18Cl3NO3S.C19H19NOS.2C18H17NOS.C4H4O4.C3H2Cl4O2/c22-21(23,24)12-28-20(27)25-8-5-13(6-9-25)18-15-4-2-1-3-14(15)11-17(26)19-16(18)7-10-29-19;1-20-9-6-13(7-10-20)18-15-5-3-2-4-14(15)12-17(21)19-16(18)8-11-22-19;2*20-16-11-13-3-1-2-4-14(13)17(12-5-8-19-9-6-12)15-7-10-21-18(15)16;5-3(6)1-2-4(7)8;4-2(8)9-1-3(5,6)7/h1-4,7,10H,5-6,8-9,11-12H2;2-5,8,11H,6-7,9-10,12H2,1H3;2*1-4,7,10,19H,5-6,8-9,11H2;1-2H,(H,5,6)(H,7,8);1H2/b;;;;2-1+;. The maximum absolute atomic E-state index is 12.7. The Morgan fingerprint density at radius 3 is 0.955 bits per heavy atom. The molecule has 8 heterocycles. The van der Waals surface area contributed by atoms with Crippen LogP contribution in [0.3, 0.4) is 0 Å². The Kier molecular flexibility index (Phi) is 29.6. The van der Waals surface area contributed by atoms with Gasteiger partial charge in [0, 0.05) is 97.9 Å². The number of carbonyl (C=O) groups is 8. The quantitative estimate of drug-likeness (QED) is 0.0730. The molecule has 0 saturated carbocycles. The van der Waals surface area contributed by atoms with Gasteiger partial charge in [0.1, 0.15) is 13.2 Å². The molecule has 0 bridgehead atoms. The molecule has 4 N–H and O–H groups in total. The number of piperidine rings is 4. The van der Waals surface area contributed by atoms with Crippen LogP contribution < -0.4 is 10.6 Å². The molecule has 4 aliphatic heterocycles. The van der Waals surface area contributed by atoms with Crippen LogP contribution in [0.5, 0.6) is 0 Å². The molecule has 0 radical (unpaired) electrons. The number of Topliss-reactive ketones (excluding diaryl/α,β-unsaturated/α-hetero) is 4. The van der Waals surface area contributed by atoms with Crippen LogP contribution >= 0.6 is 127 Å². The zero-order valence-electron chi connectivity index (χ0n) is 59.7. The van der Waals surface area contributed by atoms with Crippen molar-refractivity contribution in [2.45, 2.75) is 84.6 Å². The van der Waals surface area contributed by atoms with E-state index < -0.39 is 31.0 Å². The lowest BCUT2D eigenvalue weighted by Crippen LogP contribution is -2.38. The van der Waals surface area contributed by atoms with Crippen molar-refractivity contribution < 1.29 is 58.0 Å². The summed E-state index contributed by atoms with van der Waals surface area (Å²) in [4.78, 5) is 99.2. The number of hydrogen-bond donors (Lipinski definition) is 4. The summed E-state index contributed by atoms with van der Waals surface area (Å²) in [5, 5.41) is 30.6. The second-order valence-corrected chi connectivity index (χ2v) is 35.7. The first-order valence-electron chi connectivity index (χ1n) is 35.6. The number of likely N-dealkylation sites (tertiary alicyclic amines) is 2. The highest BCUT2D eigenvalue weighted by Gasteiger charge is 2.34. The molecule has 4 aromatic heterocycles. The Labute approximate surface area is 688 Å². The highest BCUT2D eigenvalue weighted by atomic mass is 35.6. The van der Waals surface area contributed by atoms with Gasteiger partial charge in [-0.15, -0.1) is 45.3 Å². The van der Waals surface area contributed by atoms with Crippen molar-refractivity contribution in [2.75, 3.05) is 72.6 Å². The number of aliphatic carboxylic acids is 2. The van der Waals surface area contributed by atoms with Crippen LogP contribution in [0.15, 0.2) is 177 Å². The van der Waals surface area contributed by atoms with Crippen LogP contribution in [0.1, 0.15) is 157 Å². The van der Waals surface area contributed by atoms with Crippen molar-refractivity contribution in [3.63, 3.8) is 0 Å². The van der Waals surface area contributed by atoms with Gasteiger partial charge in [0.25, 0.3) is 0 Å². The molecule has 16 rings (SSSR count). The number of thiophene rings is 4. The number of nitrogens with zero attached hydrogens (tertiary/aromatic N) is 2. The number of hydrogen-bond acceptors (Lipinski definition) is 17. The number of alkyl halides is 6. The largest absolute Gasteiger partial charge is 0.478 e. The van der Waals surface area contributed by atoms with Gasteiger partial charge in [0.2, 0.25) is 7.59 Å². The van der Waals surface area contributed by atoms with E-state index >= 15 is 0 Å². The van der Waals surface area contributed by atoms with Crippen molar-refractivity contribution in [3.05, 3.63) is 264 Å². The molecule has 0 unspecified atom stereocenters. The predicted octanol–water partition coefficient (Wildman–Crippen LogP) is 19.7. The monoisotopic (exact) mass is 1690 g/mol. The van der Waals surface area contributed by atoms with E-state index in [9.17, 15) is 38.4 Å². The number of ketones is 4. The van der Waals surface area contributed by atoms with Crippen molar-refractivity contribution >= 4 is 195 Å². The number of carboxylic acids is 2. The minimum Gasteiger partial charge on any atom is -0.478 e. The molecule has 4 aliphatic carbocycles. The number of nitrogens with one attached hydrogen (secondary N) is 2. The minimum atomic E-state index is -1.62. The Morgan fingerprint density at radius 1 is 0.409 bits per heavy atom. The SMILES string of the molecule is CN1CCC(=C2c3ccccc3CC(=O)c3sccc32)CC1.O=C(Cl)OCC(Cl)(Cl)Cl.O=C(O)/C=C/C(=O)O.O=C1Cc2ccccc2C(=C2CCN(C(=O)OCC(Cl)(Cl)Cl)CC2)c2ccsc21.O=C1Cc2ccccc2C(=C2CCNCC2)c2ccsc21.O=C1Cc2ccccc2C(=C2CCNCC2)c2ccsc21. The number of rotatable bonds is 4. The first kappa shape index (κ1) is 83.6. The average molecular weight is 1700 g/mol. The van der Waals surface area contributed by atoms with Crippen LogP contribution in [0.2, 0.25) is 0 Å². The molecule has 110 heavy (non-hydrogen) atoms. The van der Waals surface area contributed by atoms with Crippen LogP contribution in [-0.2, 0) is 44.7 Å². The van der Waals surface area contributed by atoms with Gasteiger partial charge >= 0.3 is 23.5 Å². The van der Waals surface area contributed by atoms with E-state index in [1.165, 1.54) is 89.3 Å². The zero-order chi connectivity index (χ0) is 78.2. The molecule has 4 aromatic carbocycles. The molecule has 4 saturated heterocycles. The fourth-order valence-corrected chi connectivity index (χ4v) is 18.2. The van der Waals surface area contributed by atoms with Crippen LogP contribution in [0.4, 0.5) is 9.59 Å². The van der Waals surface area contributed by atoms with E-state index in [2.05, 4.69) is 122 Å². The smallest absolute Gasteiger partial charge is 0.409 e. The van der Waals surface area contributed by atoms with E-state index in [0.717, 1.165) is 131 Å². The molecule has 0 atom stereocenters. The Balaban J connectivity index is 0.000000137. The van der Waals surface area contributed by atoms with Gasteiger partial charge in [0.05, 0.1) is 19.5 Å². The van der Waals surface area contributed by atoms with E-state index in [1.54, 1.807) is 38.9 Å². The maximum Gasteiger partial charge on any atom is 0.409 e. The molecule has 16 nitrogen and oxygen atoms in total. The summed E-state index contributed by atoms with van der Waals surface area (Å²) in [5.41, 5.74) is 23.9. The lowest BCUT2D eigenvalue weighted by Gasteiger charge is -2.30. The molecule has 0 spiro atoms. The van der Waals surface area contributed by atoms with Gasteiger partial charge in [0.15, 0.2) is 23.1 Å². The van der Waals surface area contributed by atoms with Crippen LogP contribution in [0, 0.1) is 0 Å². The highest BCUT2D eigenvalue weighted by molar-refractivity contribution is 7.13. The number of carboxylic acid groups (broad SMARTS) is 2. The summed E-state index contributed by atoms with van der Waals surface area (Å²) >= 11 is 43.5. The van der Waals surface area contributed by atoms with E-state index in [0.29, 0.717) is 63.8 Å². The van der Waals surface area contributed by atoms with Gasteiger partial charge < -0.3 is 40.1 Å². The van der Waals surface area contributed by atoms with Gasteiger partial charge in [-0.25, -0.2) is 19.2 Å². The number of carbonyl (C=O) groups excluding carboxylic acids is 6. The third kappa shape index (κ3) is 21.9. The zero-order valence-corrected chi connectivity index (χ0v) is 68.3. The predicted molar refractivity (Wildman–Crippen MR) is 445 cm³/mol. The molecular formula is C83H77Cl7N4O12S4. The number of amides is 1. The van der Waals surface area contributed by atoms with Gasteiger partial charge in [-0.05, 0) is 197 Å². The summed E-state index contributed by atoms with van der Waals surface area (Å²) < 4.78 is 6.03. The third-order valence-electron chi connectivity index (χ3n) is 19.4. The Hall–Kier alpha value is -7.35. The second-order valence-electron chi connectivity index (χ2n) is 26.7. The van der Waals surface area contributed by atoms with Gasteiger partial charge in [-0.1, -0.05) is 189 Å². The molecule has 1 amide bonds. The molecule has 27 heteroatoms. The topological polar surface area (TPSA) is 226 Å². The maximum atomic E-state index is 12.7. The van der Waals surface area contributed by atoms with Gasteiger partial charge in [-0.2, -0.15) is 0 Å². The first-order chi connectivity index (χ1) is 52.8. The van der Waals surface area contributed by atoms with E-state index in [1.807, 2.05) is 47.8 Å². The lowest BCUT2D eigenvalue weighted by molar-refractivity contribution is -0.134. The Bertz CT molecular complexity index is 4780. The van der Waals surface area contributed by atoms with E-state index in [4.69, 9.17) is 96.2 Å². The molecular weight excluding hydrogens is 1620 g/mol. The average Bonchev–Trinajstić information content (AvgIpc) is 1.62. The first-order valence-corrected chi connectivity index (χ1v) is 41.7. The van der Waals surface area contributed by atoms with Crippen LogP contribution in [0.25, 0.3) is 22.3 Å². The molecule has 8 aliphatic rings. The van der Waals surface area contributed by atoms with Crippen molar-refractivity contribution in [2.24, 2.45) is 0 Å². The fourth-order valence-electron chi connectivity index (χ4n) is 14.5. The van der Waals surface area contributed by atoms with Crippen molar-refractivity contribution in [3.8, 4) is 0 Å². The van der Waals surface area contributed by atoms with Crippen molar-refractivity contribution in [1.29, 1.82) is 0 Å². The summed E-state index contributed by atoms with van der Waals surface area (Å²) in [6.45, 7) is 6.78. The van der Waals surface area contributed by atoms with Crippen LogP contribution in [-0.4, -0.2) is 147 Å². The number of halogens is 7. The highest BCUT2D eigenvalue weighted by Crippen LogP contribution is 2.45. The Morgan fingerprint density at radius 2 is 0.682 bits per heavy atom. The van der Waals surface area contributed by atoms with Gasteiger partial charge in [-0.3, -0.25) is 19.2 Å².